The summed E-state index contributed by atoms with van der Waals surface area (Å²) in [6.45, 7) is 0. The van der Waals surface area contributed by atoms with Crippen molar-refractivity contribution in [3.63, 3.8) is 0 Å². The summed E-state index contributed by atoms with van der Waals surface area (Å²) in [6, 6.07) is 14.6. The largest absolute Gasteiger partial charge is 0.497 e. The minimum atomic E-state index is -0.975. The van der Waals surface area contributed by atoms with Gasteiger partial charge in [0, 0.05) is 9.86 Å². The van der Waals surface area contributed by atoms with Crippen LogP contribution in [0.4, 0.5) is 0 Å². The Balaban J connectivity index is 2.04. The molecule has 0 spiro atoms. The Kier molecular flexibility index (Phi) is 4.62. The van der Waals surface area contributed by atoms with E-state index in [1.165, 1.54) is 0 Å². The number of hydrogen-bond acceptors (Lipinski definition) is 3. The van der Waals surface area contributed by atoms with Crippen LogP contribution < -0.4 is 4.74 Å². The van der Waals surface area contributed by atoms with Crippen LogP contribution in [0.2, 0.25) is 0 Å². The van der Waals surface area contributed by atoms with E-state index < -0.39 is 5.97 Å². The van der Waals surface area contributed by atoms with Crippen LogP contribution in [0.3, 0.4) is 0 Å². The van der Waals surface area contributed by atoms with Gasteiger partial charge in [-0.1, -0.05) is 34.1 Å². The molecule has 0 saturated carbocycles. The normalized spacial score (nSPS) is 11.1. The maximum absolute atomic E-state index is 11.6. The van der Waals surface area contributed by atoms with Crippen LogP contribution in [0.25, 0.3) is 23.1 Å². The molecule has 0 radical (unpaired) electrons. The Morgan fingerprint density at radius 2 is 2.00 bits per heavy atom. The van der Waals surface area contributed by atoms with Crippen molar-refractivity contribution < 1.29 is 14.6 Å². The average Bonchev–Trinajstić information content (AvgIpc) is 2.59. The first-order chi connectivity index (χ1) is 11.6. The molecule has 1 N–H and O–H groups in total. The van der Waals surface area contributed by atoms with E-state index in [4.69, 9.17) is 4.74 Å². The number of carboxylic acid groups (broad SMARTS) is 1. The van der Waals surface area contributed by atoms with Gasteiger partial charge in [-0.05, 0) is 48.0 Å². The Labute approximate surface area is 147 Å². The summed E-state index contributed by atoms with van der Waals surface area (Å²) in [6.07, 6.45) is 3.67. The van der Waals surface area contributed by atoms with Crippen molar-refractivity contribution in [2.45, 2.75) is 0 Å². The van der Waals surface area contributed by atoms with E-state index >= 15 is 0 Å². The lowest BCUT2D eigenvalue weighted by molar-refractivity contribution is 0.0699. The number of halogens is 1. The molecule has 2 aromatic carbocycles. The third kappa shape index (κ3) is 3.46. The van der Waals surface area contributed by atoms with Crippen LogP contribution in [0.15, 0.2) is 53.0 Å². The number of ether oxygens (including phenoxy) is 1. The van der Waals surface area contributed by atoms with Gasteiger partial charge >= 0.3 is 5.97 Å². The summed E-state index contributed by atoms with van der Waals surface area (Å²) >= 11 is 3.36. The van der Waals surface area contributed by atoms with Crippen LogP contribution in [-0.4, -0.2) is 23.2 Å². The number of benzene rings is 2. The van der Waals surface area contributed by atoms with Crippen molar-refractivity contribution in [2.24, 2.45) is 0 Å². The molecule has 4 nitrogen and oxygen atoms in total. The van der Waals surface area contributed by atoms with Gasteiger partial charge in [0.2, 0.25) is 0 Å². The third-order valence-electron chi connectivity index (χ3n) is 3.56. The maximum atomic E-state index is 11.6. The number of hydrogen-bond donors (Lipinski definition) is 1. The lowest BCUT2D eigenvalue weighted by Crippen LogP contribution is -2.00. The lowest BCUT2D eigenvalue weighted by Gasteiger charge is -2.05. The highest BCUT2D eigenvalue weighted by Gasteiger charge is 2.11. The number of aromatic carboxylic acids is 1. The van der Waals surface area contributed by atoms with Gasteiger partial charge in [-0.15, -0.1) is 0 Å². The van der Waals surface area contributed by atoms with Crippen molar-refractivity contribution in [3.8, 4) is 5.75 Å². The van der Waals surface area contributed by atoms with E-state index in [0.29, 0.717) is 16.6 Å². The minimum absolute atomic E-state index is 0.228. The number of nitrogens with zero attached hydrogens (tertiary/aromatic N) is 1. The highest BCUT2D eigenvalue weighted by molar-refractivity contribution is 9.10. The van der Waals surface area contributed by atoms with Crippen molar-refractivity contribution in [3.05, 3.63) is 69.8 Å². The minimum Gasteiger partial charge on any atom is -0.497 e. The Hall–Kier alpha value is -2.66. The number of pyridine rings is 1. The maximum Gasteiger partial charge on any atom is 0.336 e. The molecule has 24 heavy (non-hydrogen) atoms. The summed E-state index contributed by atoms with van der Waals surface area (Å²) in [5.41, 5.74) is 2.41. The van der Waals surface area contributed by atoms with Gasteiger partial charge < -0.3 is 9.84 Å². The van der Waals surface area contributed by atoms with Crippen LogP contribution in [0.5, 0.6) is 5.75 Å². The van der Waals surface area contributed by atoms with E-state index in [1.54, 1.807) is 31.4 Å². The highest BCUT2D eigenvalue weighted by Crippen LogP contribution is 2.24. The van der Waals surface area contributed by atoms with Crippen molar-refractivity contribution in [1.82, 2.24) is 4.98 Å². The molecule has 3 aromatic rings. The SMILES string of the molecule is COc1cccc(C=Cc2cc(C(=O)O)c3cc(Br)ccc3n2)c1. The molecule has 5 heteroatoms. The van der Waals surface area contributed by atoms with E-state index in [9.17, 15) is 9.90 Å². The second-order valence-corrected chi connectivity index (χ2v) is 6.09. The molecule has 0 aliphatic heterocycles. The highest BCUT2D eigenvalue weighted by atomic mass is 79.9. The van der Waals surface area contributed by atoms with Crippen LogP contribution >= 0.6 is 15.9 Å². The zero-order chi connectivity index (χ0) is 17.1. The van der Waals surface area contributed by atoms with Crippen LogP contribution in [-0.2, 0) is 0 Å². The Morgan fingerprint density at radius 1 is 1.17 bits per heavy atom. The lowest BCUT2D eigenvalue weighted by atomic mass is 10.1. The van der Waals surface area contributed by atoms with Gasteiger partial charge in [0.05, 0.1) is 23.9 Å². The number of carboxylic acids is 1. The molecule has 0 saturated heterocycles. The molecule has 0 aliphatic rings. The molecular formula is C19H14BrNO3. The number of methoxy groups -OCH3 is 1. The van der Waals surface area contributed by atoms with Gasteiger partial charge in [-0.2, -0.15) is 0 Å². The Morgan fingerprint density at radius 3 is 2.75 bits per heavy atom. The number of rotatable bonds is 4. The second-order valence-electron chi connectivity index (χ2n) is 5.17. The molecule has 1 aromatic heterocycles. The molecule has 3 rings (SSSR count). The molecule has 1 heterocycles. The number of carbonyl (C=O) groups is 1. The number of fused-ring (bicyclic) bond motifs is 1. The van der Waals surface area contributed by atoms with Gasteiger partial charge in [-0.25, -0.2) is 9.78 Å². The van der Waals surface area contributed by atoms with Crippen molar-refractivity contribution in [1.29, 1.82) is 0 Å². The second kappa shape index (κ2) is 6.84. The number of aromatic nitrogens is 1. The van der Waals surface area contributed by atoms with Gasteiger partial charge in [-0.3, -0.25) is 0 Å². The first kappa shape index (κ1) is 16.2. The van der Waals surface area contributed by atoms with Gasteiger partial charge in [0.1, 0.15) is 5.75 Å². The standard InChI is InChI=1S/C19H14BrNO3/c1-24-15-4-2-3-12(9-15)5-7-14-11-17(19(22)23)16-10-13(20)6-8-18(16)21-14/h2-11H,1H3,(H,22,23). The zero-order valence-corrected chi connectivity index (χ0v) is 14.4. The fraction of sp³-hybridized carbons (Fsp3) is 0.0526. The summed E-state index contributed by atoms with van der Waals surface area (Å²) < 4.78 is 6.01. The molecule has 0 fully saturated rings. The van der Waals surface area contributed by atoms with Crippen LogP contribution in [0.1, 0.15) is 21.6 Å². The fourth-order valence-corrected chi connectivity index (χ4v) is 2.77. The topological polar surface area (TPSA) is 59.4 Å². The molecule has 0 amide bonds. The predicted octanol–water partition coefficient (Wildman–Crippen LogP) is 4.87. The fourth-order valence-electron chi connectivity index (χ4n) is 2.41. The van der Waals surface area contributed by atoms with E-state index in [1.807, 2.05) is 36.4 Å². The first-order valence-electron chi connectivity index (χ1n) is 7.22. The van der Waals surface area contributed by atoms with Crippen molar-refractivity contribution >= 4 is 45.0 Å². The third-order valence-corrected chi connectivity index (χ3v) is 4.05. The summed E-state index contributed by atoms with van der Waals surface area (Å²) in [7, 11) is 1.62. The van der Waals surface area contributed by atoms with Gasteiger partial charge in [0.25, 0.3) is 0 Å². The molecule has 0 aliphatic carbocycles. The molecule has 0 atom stereocenters. The molecule has 120 valence electrons. The molecule has 0 bridgehead atoms. The van der Waals surface area contributed by atoms with E-state index in [2.05, 4.69) is 20.9 Å². The quantitative estimate of drug-likeness (QED) is 0.697. The first-order valence-corrected chi connectivity index (χ1v) is 8.02. The van der Waals surface area contributed by atoms with Gasteiger partial charge in [0.15, 0.2) is 0 Å². The summed E-state index contributed by atoms with van der Waals surface area (Å²) in [5.74, 6) is -0.212. The monoisotopic (exact) mass is 383 g/mol. The zero-order valence-electron chi connectivity index (χ0n) is 12.9. The van der Waals surface area contributed by atoms with Crippen LogP contribution in [0, 0.1) is 0 Å². The molecular weight excluding hydrogens is 370 g/mol. The smallest absolute Gasteiger partial charge is 0.336 e. The van der Waals surface area contributed by atoms with E-state index in [-0.39, 0.29) is 5.56 Å². The Bertz CT molecular complexity index is 950. The molecule has 0 unspecified atom stereocenters. The summed E-state index contributed by atoms with van der Waals surface area (Å²) in [4.78, 5) is 16.1. The average molecular weight is 384 g/mol. The van der Waals surface area contributed by atoms with E-state index in [0.717, 1.165) is 15.8 Å². The summed E-state index contributed by atoms with van der Waals surface area (Å²) in [5, 5.41) is 10.1. The van der Waals surface area contributed by atoms with Crippen molar-refractivity contribution in [2.75, 3.05) is 7.11 Å². The predicted molar refractivity (Wildman–Crippen MR) is 98.3 cm³/mol.